The molecule has 0 aromatic rings. The first-order chi connectivity index (χ1) is 3.73. The van der Waals surface area contributed by atoms with Gasteiger partial charge in [0.2, 0.25) is 0 Å². The predicted molar refractivity (Wildman–Crippen MR) is 30.4 cm³/mol. The largest absolute Gasteiger partial charge is 1.00 e. The second-order valence-corrected chi connectivity index (χ2v) is 2.39. The van der Waals surface area contributed by atoms with Gasteiger partial charge in [0.25, 0.3) is 0 Å². The van der Waals surface area contributed by atoms with E-state index in [1.165, 1.54) is 0 Å². The van der Waals surface area contributed by atoms with Gasteiger partial charge in [-0.3, -0.25) is 0 Å². The van der Waals surface area contributed by atoms with Gasteiger partial charge in [-0.25, -0.2) is 4.79 Å². The summed E-state index contributed by atoms with van der Waals surface area (Å²) in [5.74, 6) is 0. The zero-order valence-corrected chi connectivity index (χ0v) is 9.83. The van der Waals surface area contributed by atoms with Crippen molar-refractivity contribution in [1.29, 1.82) is 0 Å². The van der Waals surface area contributed by atoms with Crippen molar-refractivity contribution in [2.24, 2.45) is 0 Å². The maximum absolute atomic E-state index is 10.1. The van der Waals surface area contributed by atoms with E-state index in [-0.39, 0.29) is 51.4 Å². The van der Waals surface area contributed by atoms with Crippen LogP contribution in [0.2, 0.25) is 0 Å². The maximum Gasteiger partial charge on any atom is 1.00 e. The molecule has 4 nitrogen and oxygen atoms in total. The van der Waals surface area contributed by atoms with Crippen LogP contribution in [0.15, 0.2) is 0 Å². The molecule has 2 N–H and O–H groups in total. The van der Waals surface area contributed by atoms with E-state index in [9.17, 15) is 5.11 Å². The molecule has 5 heteroatoms. The monoisotopic (exact) mass is 174 g/mol. The van der Waals surface area contributed by atoms with Crippen molar-refractivity contribution in [1.82, 2.24) is 0 Å². The molecule has 0 atom stereocenters. The molecular formula is C5H11KO4. The van der Waals surface area contributed by atoms with Crippen molar-refractivity contribution >= 4 is 6.16 Å². The zero-order valence-electron chi connectivity index (χ0n) is 6.71. The first-order valence-corrected chi connectivity index (χ1v) is 2.36. The van der Waals surface area contributed by atoms with E-state index in [0.717, 1.165) is 0 Å². The quantitative estimate of drug-likeness (QED) is 0.394. The van der Waals surface area contributed by atoms with Gasteiger partial charge in [0.05, 0.1) is 0 Å². The average Bonchev–Trinajstić information content (AvgIpc) is 1.19. The molecule has 0 spiro atoms. The summed E-state index contributed by atoms with van der Waals surface area (Å²) in [6, 6.07) is 0. The van der Waals surface area contributed by atoms with Crippen LogP contribution in [0.1, 0.15) is 20.8 Å². The van der Waals surface area contributed by atoms with Crippen LogP contribution in [0.25, 0.3) is 0 Å². The molecule has 0 rings (SSSR count). The minimum atomic E-state index is -1.83. The summed E-state index contributed by atoms with van der Waals surface area (Å²) >= 11 is 0. The smallest absolute Gasteiger partial charge is 0.850 e. The van der Waals surface area contributed by atoms with E-state index >= 15 is 0 Å². The molecule has 56 valence electrons. The standard InChI is InChI=1S/C4H9O.CH2O3.K/c1-4(2,3)5;2-1(3)4;/h1-3H3;(H2,2,3,4);/q-1;;+1. The Kier molecular flexibility index (Phi) is 13.6. The number of carboxylic acid groups (broad SMARTS) is 2. The Labute approximate surface area is 103 Å². The van der Waals surface area contributed by atoms with Gasteiger partial charge >= 0.3 is 57.5 Å². The van der Waals surface area contributed by atoms with Crippen LogP contribution in [0, 0.1) is 0 Å². The SMILES string of the molecule is CC(C)(C)[O-].O=C(O)O.[K+]. The summed E-state index contributed by atoms with van der Waals surface area (Å²) < 4.78 is 0. The topological polar surface area (TPSA) is 80.6 Å². The molecule has 0 amide bonds. The fourth-order valence-corrected chi connectivity index (χ4v) is 0. The molecule has 0 aromatic carbocycles. The van der Waals surface area contributed by atoms with Crippen molar-refractivity contribution in [3.8, 4) is 0 Å². The Balaban J connectivity index is -0.0000000910. The Bertz CT molecular complexity index is 76.1. The van der Waals surface area contributed by atoms with E-state index in [1.807, 2.05) is 0 Å². The molecule has 10 heavy (non-hydrogen) atoms. The van der Waals surface area contributed by atoms with Gasteiger partial charge in [0.1, 0.15) is 0 Å². The normalized spacial score (nSPS) is 8.40. The van der Waals surface area contributed by atoms with Gasteiger partial charge in [0, 0.05) is 0 Å². The molecule has 0 saturated carbocycles. The van der Waals surface area contributed by atoms with Crippen LogP contribution in [0.4, 0.5) is 4.79 Å². The summed E-state index contributed by atoms with van der Waals surface area (Å²) in [6.45, 7) is 4.90. The molecule has 0 fully saturated rings. The first kappa shape index (κ1) is 17.1. The molecule has 0 aliphatic heterocycles. The molecule has 0 heterocycles. The predicted octanol–water partition coefficient (Wildman–Crippen LogP) is -2.63. The van der Waals surface area contributed by atoms with Crippen molar-refractivity contribution < 1.29 is 71.5 Å². The molecule has 0 aromatic heterocycles. The Morgan fingerprint density at radius 1 is 1.30 bits per heavy atom. The summed E-state index contributed by atoms with van der Waals surface area (Å²) in [5, 5.41) is 24.0. The molecule has 0 unspecified atom stereocenters. The van der Waals surface area contributed by atoms with Crippen LogP contribution >= 0.6 is 0 Å². The van der Waals surface area contributed by atoms with E-state index in [2.05, 4.69) is 0 Å². The van der Waals surface area contributed by atoms with Gasteiger partial charge in [-0.1, -0.05) is 20.8 Å². The Morgan fingerprint density at radius 3 is 1.30 bits per heavy atom. The molecule has 0 saturated heterocycles. The fourth-order valence-electron chi connectivity index (χ4n) is 0. The molecule has 0 radical (unpaired) electrons. The third-order valence-electron chi connectivity index (χ3n) is 0. The Morgan fingerprint density at radius 2 is 1.30 bits per heavy atom. The van der Waals surface area contributed by atoms with Gasteiger partial charge in [-0.05, 0) is 0 Å². The Hall–Kier alpha value is 0.866. The summed E-state index contributed by atoms with van der Waals surface area (Å²) in [7, 11) is 0. The van der Waals surface area contributed by atoms with E-state index in [0.29, 0.717) is 0 Å². The third kappa shape index (κ3) is 731. The number of rotatable bonds is 0. The second-order valence-electron chi connectivity index (χ2n) is 2.39. The number of carbonyl (C=O) groups is 1. The van der Waals surface area contributed by atoms with Gasteiger partial charge in [-0.15, -0.1) is 5.60 Å². The van der Waals surface area contributed by atoms with E-state index in [4.69, 9.17) is 15.0 Å². The van der Waals surface area contributed by atoms with Crippen LogP contribution in [-0.4, -0.2) is 22.0 Å². The van der Waals surface area contributed by atoms with Crippen molar-refractivity contribution in [2.45, 2.75) is 26.4 Å². The molecular weight excluding hydrogens is 163 g/mol. The van der Waals surface area contributed by atoms with Crippen molar-refractivity contribution in [3.05, 3.63) is 0 Å². The van der Waals surface area contributed by atoms with E-state index in [1.54, 1.807) is 20.8 Å². The van der Waals surface area contributed by atoms with Crippen LogP contribution in [0.5, 0.6) is 0 Å². The van der Waals surface area contributed by atoms with Gasteiger partial charge < -0.3 is 15.3 Å². The van der Waals surface area contributed by atoms with Crippen LogP contribution < -0.4 is 56.5 Å². The maximum atomic E-state index is 10.1. The van der Waals surface area contributed by atoms with E-state index < -0.39 is 11.8 Å². The van der Waals surface area contributed by atoms with Crippen molar-refractivity contribution in [3.63, 3.8) is 0 Å². The molecule has 0 bridgehead atoms. The average molecular weight is 174 g/mol. The number of hydrogen-bond donors (Lipinski definition) is 2. The first-order valence-electron chi connectivity index (χ1n) is 2.36. The molecule has 0 aliphatic rings. The molecule has 0 aliphatic carbocycles. The minimum Gasteiger partial charge on any atom is -0.850 e. The van der Waals surface area contributed by atoms with Gasteiger partial charge in [0.15, 0.2) is 0 Å². The second kappa shape index (κ2) is 7.97. The van der Waals surface area contributed by atoms with Crippen LogP contribution in [0.3, 0.4) is 0 Å². The summed E-state index contributed by atoms with van der Waals surface area (Å²) in [6.07, 6.45) is -1.83. The van der Waals surface area contributed by atoms with Gasteiger partial charge in [-0.2, -0.15) is 0 Å². The minimum absolute atomic E-state index is 0. The zero-order chi connectivity index (χ0) is 8.08. The number of hydrogen-bond acceptors (Lipinski definition) is 2. The fraction of sp³-hybridized carbons (Fsp3) is 0.800. The third-order valence-corrected chi connectivity index (χ3v) is 0. The van der Waals surface area contributed by atoms with Crippen LogP contribution in [-0.2, 0) is 0 Å². The van der Waals surface area contributed by atoms with Crippen molar-refractivity contribution in [2.75, 3.05) is 0 Å². The summed E-state index contributed by atoms with van der Waals surface area (Å²) in [4.78, 5) is 8.56. The summed E-state index contributed by atoms with van der Waals surface area (Å²) in [5.41, 5.74) is -0.750.